The van der Waals surface area contributed by atoms with Gasteiger partial charge in [-0.2, -0.15) is 0 Å². The Bertz CT molecular complexity index is 5450. The summed E-state index contributed by atoms with van der Waals surface area (Å²) in [5.74, 6) is 1.22. The molecule has 0 spiro atoms. The molecular formula is C92H104N12O4. The van der Waals surface area contributed by atoms with Gasteiger partial charge in [-0.3, -0.25) is 0 Å². The monoisotopic (exact) mass is 1440 g/mol. The van der Waals surface area contributed by atoms with E-state index in [0.29, 0.717) is 22.7 Å². The lowest BCUT2D eigenvalue weighted by molar-refractivity contribution is 0.420. The molecule has 0 bridgehead atoms. The first kappa shape index (κ1) is 77.6. The smallest absolute Gasteiger partial charge is 0.150 e. The highest BCUT2D eigenvalue weighted by Crippen LogP contribution is 2.44. The van der Waals surface area contributed by atoms with Crippen molar-refractivity contribution >= 4 is 67.4 Å². The van der Waals surface area contributed by atoms with E-state index in [2.05, 4.69) is 208 Å². The average Bonchev–Trinajstić information content (AvgIpc) is 1.47. The van der Waals surface area contributed by atoms with E-state index in [9.17, 15) is 20.4 Å². The van der Waals surface area contributed by atoms with Crippen molar-refractivity contribution in [3.63, 3.8) is 0 Å². The third-order valence-corrected chi connectivity index (χ3v) is 20.6. The van der Waals surface area contributed by atoms with Crippen molar-refractivity contribution in [3.05, 3.63) is 262 Å². The van der Waals surface area contributed by atoms with Crippen molar-refractivity contribution in [2.75, 3.05) is 0 Å². The molecule has 4 aromatic heterocycles. The zero-order chi connectivity index (χ0) is 77.8. The van der Waals surface area contributed by atoms with Gasteiger partial charge in [-0.1, -0.05) is 257 Å². The van der Waals surface area contributed by atoms with Gasteiger partial charge in [0.2, 0.25) is 0 Å². The van der Waals surface area contributed by atoms with Gasteiger partial charge in [-0.05, 0) is 195 Å². The fourth-order valence-electron chi connectivity index (χ4n) is 12.6. The van der Waals surface area contributed by atoms with Gasteiger partial charge >= 0.3 is 0 Å². The normalized spacial score (nSPS) is 12.7. The van der Waals surface area contributed by atoms with Crippen LogP contribution in [0.2, 0.25) is 0 Å². The second-order valence-corrected chi connectivity index (χ2v) is 32.5. The molecule has 556 valence electrons. The standard InChI is InChI=1S/C30H25N3O.C22H29N3O.2C20H25N3O/c1-21(17-23-11-5-3-6-12-23)25-19-26(22(2)18-24-13-7-4-8-14-24)30(34)29(20-25)33-31-27-15-9-10-16-28(27)32-33;1-7-21(3,4)15-13-16(22(5,6)8-2)20(26)19(14-15)25-23-17-11-9-10-12-18(17)24-25;1-19(2,3)13-11-14(20(4,5)6)18(24)17(12-13)23-21-15-9-7-8-10-16(15)22-23;1-6-13(2)15-11-14(20(3,4)5)12-18(19(15)24)23-21-16-9-7-8-10-17(16)22-23/h3-20,34H,1-2H3;9-14,26H,7-8H2,1-6H3;7-12,24H,1-6H3;7-13,24H,6H2,1-5H3/b21-17-,22-18-;;;. The summed E-state index contributed by atoms with van der Waals surface area (Å²) in [4.78, 5) is 6.20. The minimum atomic E-state index is -0.174. The van der Waals surface area contributed by atoms with E-state index < -0.39 is 0 Å². The van der Waals surface area contributed by atoms with Crippen molar-refractivity contribution in [1.82, 2.24) is 60.0 Å². The molecule has 0 aliphatic heterocycles. The van der Waals surface area contributed by atoms with Crippen LogP contribution in [0.25, 0.3) is 90.2 Å². The molecule has 14 rings (SSSR count). The predicted octanol–water partition coefficient (Wildman–Crippen LogP) is 22.4. The van der Waals surface area contributed by atoms with Crippen molar-refractivity contribution in [1.29, 1.82) is 0 Å². The average molecular weight is 1440 g/mol. The maximum Gasteiger partial charge on any atom is 0.150 e. The fourth-order valence-corrected chi connectivity index (χ4v) is 12.6. The molecule has 4 heterocycles. The van der Waals surface area contributed by atoms with Crippen LogP contribution < -0.4 is 0 Å². The zero-order valence-corrected chi connectivity index (χ0v) is 66.1. The molecule has 0 amide bonds. The lowest BCUT2D eigenvalue weighted by atomic mass is 9.76. The lowest BCUT2D eigenvalue weighted by Gasteiger charge is -2.30. The molecule has 10 aromatic carbocycles. The summed E-state index contributed by atoms with van der Waals surface area (Å²) in [7, 11) is 0. The Labute approximate surface area is 635 Å². The fraction of sp³-hybridized carbons (Fsp3) is 0.304. The van der Waals surface area contributed by atoms with Gasteiger partial charge < -0.3 is 20.4 Å². The summed E-state index contributed by atoms with van der Waals surface area (Å²) in [5, 5.41) is 80.8. The van der Waals surface area contributed by atoms with Crippen molar-refractivity contribution < 1.29 is 20.4 Å². The number of hydrogen-bond acceptors (Lipinski definition) is 12. The van der Waals surface area contributed by atoms with E-state index in [4.69, 9.17) is 0 Å². The molecule has 14 aromatic rings. The van der Waals surface area contributed by atoms with E-state index in [1.54, 1.807) is 14.4 Å². The second-order valence-electron chi connectivity index (χ2n) is 32.5. The van der Waals surface area contributed by atoms with E-state index in [0.717, 1.165) is 119 Å². The molecule has 4 N–H and O–H groups in total. The number of hydrogen-bond donors (Lipinski definition) is 4. The largest absolute Gasteiger partial charge is 0.505 e. The van der Waals surface area contributed by atoms with E-state index in [1.807, 2.05) is 183 Å². The van der Waals surface area contributed by atoms with Gasteiger partial charge in [-0.25, -0.2) is 0 Å². The summed E-state index contributed by atoms with van der Waals surface area (Å²) in [6.45, 7) is 40.9. The number of benzene rings is 10. The molecule has 108 heavy (non-hydrogen) atoms. The zero-order valence-electron chi connectivity index (χ0n) is 66.1. The molecule has 1 unspecified atom stereocenters. The molecule has 1 atom stereocenters. The van der Waals surface area contributed by atoms with Crippen LogP contribution in [0.4, 0.5) is 0 Å². The quantitative estimate of drug-likeness (QED) is 0.0751. The van der Waals surface area contributed by atoms with Crippen LogP contribution >= 0.6 is 0 Å². The van der Waals surface area contributed by atoms with Crippen LogP contribution in [-0.2, 0) is 27.1 Å². The van der Waals surface area contributed by atoms with Crippen molar-refractivity contribution in [2.45, 2.75) is 184 Å². The van der Waals surface area contributed by atoms with E-state index in [1.165, 1.54) is 15.9 Å². The third-order valence-electron chi connectivity index (χ3n) is 20.6. The second kappa shape index (κ2) is 31.5. The number of phenols is 4. The highest BCUT2D eigenvalue weighted by atomic mass is 16.3. The summed E-state index contributed by atoms with van der Waals surface area (Å²) >= 11 is 0. The topological polar surface area (TPSA) is 204 Å². The van der Waals surface area contributed by atoms with E-state index in [-0.39, 0.29) is 56.0 Å². The van der Waals surface area contributed by atoms with Crippen LogP contribution in [0.15, 0.2) is 206 Å². The number of nitrogens with zero attached hydrogens (tertiary/aromatic N) is 12. The van der Waals surface area contributed by atoms with Gasteiger partial charge in [0.05, 0.1) is 0 Å². The van der Waals surface area contributed by atoms with Gasteiger partial charge in [0.15, 0.2) is 5.75 Å². The minimum Gasteiger partial charge on any atom is -0.505 e. The Hall–Kier alpha value is -11.5. The highest BCUT2D eigenvalue weighted by Gasteiger charge is 2.31. The van der Waals surface area contributed by atoms with Gasteiger partial charge in [0.1, 0.15) is 84.1 Å². The molecule has 16 heteroatoms. The summed E-state index contributed by atoms with van der Waals surface area (Å²) in [5.41, 5.74) is 20.9. The number of fused-ring (bicyclic) bond motifs is 4. The number of rotatable bonds is 14. The first-order valence-electron chi connectivity index (χ1n) is 37.4. The molecule has 0 aliphatic carbocycles. The van der Waals surface area contributed by atoms with Gasteiger partial charge in [0, 0.05) is 16.7 Å². The Kier molecular flexibility index (Phi) is 22.6. The maximum absolute atomic E-state index is 11.4. The summed E-state index contributed by atoms with van der Waals surface area (Å²) in [6.07, 6.45) is 7.13. The molecule has 0 fully saturated rings. The Morgan fingerprint density at radius 3 is 1.01 bits per heavy atom. The highest BCUT2D eigenvalue weighted by molar-refractivity contribution is 5.89. The molecule has 0 radical (unpaired) electrons. The molecule has 0 saturated heterocycles. The third kappa shape index (κ3) is 17.3. The summed E-state index contributed by atoms with van der Waals surface area (Å²) < 4.78 is 0. The number of phenolic OH excluding ortho intramolecular Hbond substituents is 4. The molecule has 0 saturated carbocycles. The van der Waals surface area contributed by atoms with Crippen LogP contribution in [0.1, 0.15) is 212 Å². The van der Waals surface area contributed by atoms with Crippen LogP contribution in [0.3, 0.4) is 0 Å². The van der Waals surface area contributed by atoms with Crippen molar-refractivity contribution in [3.8, 4) is 45.7 Å². The first-order chi connectivity index (χ1) is 51.2. The number of allylic oxidation sites excluding steroid dienone is 2. The van der Waals surface area contributed by atoms with Crippen LogP contribution in [-0.4, -0.2) is 80.4 Å². The van der Waals surface area contributed by atoms with Crippen LogP contribution in [0.5, 0.6) is 23.0 Å². The Balaban J connectivity index is 0.000000145. The minimum absolute atomic E-state index is 0.00754. The first-order valence-corrected chi connectivity index (χ1v) is 37.4. The Morgan fingerprint density at radius 1 is 0.343 bits per heavy atom. The lowest BCUT2D eigenvalue weighted by Crippen LogP contribution is -2.21. The molecule has 0 aliphatic rings. The number of aromatic hydroxyl groups is 4. The maximum atomic E-state index is 11.4. The molecular weight excluding hydrogens is 1340 g/mol. The van der Waals surface area contributed by atoms with Gasteiger partial charge in [0.25, 0.3) is 0 Å². The van der Waals surface area contributed by atoms with Crippen LogP contribution in [0, 0.1) is 0 Å². The predicted molar refractivity (Wildman–Crippen MR) is 444 cm³/mol. The summed E-state index contributed by atoms with van der Waals surface area (Å²) in [6, 6.07) is 67.7. The SMILES string of the molecule is C/C(=C/c1ccccc1)c1cc(/C(C)=C\c2ccccc2)c(O)c(-n2nc3ccccc3n2)c1.CC(C)(C)c1cc(-n2nc3ccccc3n2)c(O)c(C(C)(C)C)c1.CCC(C)(C)c1cc(-n2nc3ccccc3n2)c(O)c(C(C)(C)CC)c1.CCC(C)c1cc(C(C)(C)C)cc(-n2nc3ccccc3n2)c1O. The Morgan fingerprint density at radius 2 is 0.657 bits per heavy atom. The van der Waals surface area contributed by atoms with Gasteiger partial charge in [-0.15, -0.1) is 60.0 Å². The van der Waals surface area contributed by atoms with E-state index >= 15 is 0 Å². The molecule has 16 nitrogen and oxygen atoms in total. The van der Waals surface area contributed by atoms with Crippen molar-refractivity contribution in [2.24, 2.45) is 0 Å². The number of aromatic nitrogens is 12.